The van der Waals surface area contributed by atoms with Gasteiger partial charge in [-0.15, -0.1) is 0 Å². The van der Waals surface area contributed by atoms with Crippen molar-refractivity contribution in [3.63, 3.8) is 0 Å². The number of pyridine rings is 1. The van der Waals surface area contributed by atoms with E-state index in [0.29, 0.717) is 0 Å². The number of benzene rings is 6. The van der Waals surface area contributed by atoms with Crippen LogP contribution in [-0.4, -0.2) is 15.8 Å². The molecule has 0 amide bonds. The maximum Gasteiger partial charge on any atom is 0.252 e. The van der Waals surface area contributed by atoms with Gasteiger partial charge >= 0.3 is 0 Å². The first-order valence-electron chi connectivity index (χ1n) is 16.5. The highest BCUT2D eigenvalue weighted by atomic mass is 15.0. The Bertz CT molecular complexity index is 2690. The smallest absolute Gasteiger partial charge is 0.252 e. The number of aromatic nitrogens is 3. The van der Waals surface area contributed by atoms with Crippen molar-refractivity contribution >= 4 is 66.7 Å². The average molecular weight is 599 g/mol. The van der Waals surface area contributed by atoms with Crippen LogP contribution in [0.1, 0.15) is 5.56 Å². The van der Waals surface area contributed by atoms with Crippen molar-refractivity contribution in [2.24, 2.45) is 7.05 Å². The van der Waals surface area contributed by atoms with E-state index in [-0.39, 0.29) is 6.71 Å². The molecule has 11 rings (SSSR count). The van der Waals surface area contributed by atoms with Gasteiger partial charge in [0.2, 0.25) is 5.69 Å². The van der Waals surface area contributed by atoms with E-state index in [9.17, 15) is 0 Å². The summed E-state index contributed by atoms with van der Waals surface area (Å²) in [4.78, 5) is 0. The third-order valence-corrected chi connectivity index (χ3v) is 10.9. The lowest BCUT2D eigenvalue weighted by molar-refractivity contribution is -0.660. The summed E-state index contributed by atoms with van der Waals surface area (Å²) in [5, 5.41) is 5.26. The molecule has 0 unspecified atom stereocenters. The molecule has 0 bridgehead atoms. The third-order valence-electron chi connectivity index (χ3n) is 10.9. The molecule has 2 aliphatic rings. The molecule has 47 heavy (non-hydrogen) atoms. The van der Waals surface area contributed by atoms with Crippen LogP contribution in [0.4, 0.5) is 0 Å². The second-order valence-electron chi connectivity index (χ2n) is 13.3. The minimum Gasteiger partial charge on any atom is -0.310 e. The lowest BCUT2D eigenvalue weighted by Crippen LogP contribution is -2.59. The summed E-state index contributed by atoms with van der Waals surface area (Å²) in [6.45, 7) is 2.39. The number of aryl methyl sites for hydroxylation is 2. The van der Waals surface area contributed by atoms with Gasteiger partial charge in [-0.3, -0.25) is 0 Å². The SMILES string of the molecule is Cc1cc(-c2cc3c4c(c2)-n2c5ccccc5c5cccc(c52)B4c2cccc4c5ccccc5n-3c24)ccc1-c1cccc[n+]1C. The fourth-order valence-electron chi connectivity index (χ4n) is 8.92. The van der Waals surface area contributed by atoms with E-state index in [2.05, 4.69) is 167 Å². The number of fused-ring (bicyclic) bond motifs is 10. The molecule has 218 valence electrons. The molecule has 4 heteroatoms. The average Bonchev–Trinajstić information content (AvgIpc) is 3.63. The summed E-state index contributed by atoms with van der Waals surface area (Å²) in [7, 11) is 2.12. The Morgan fingerprint density at radius 1 is 0.532 bits per heavy atom. The predicted molar refractivity (Wildman–Crippen MR) is 197 cm³/mol. The quantitative estimate of drug-likeness (QED) is 0.145. The Morgan fingerprint density at radius 2 is 1.11 bits per heavy atom. The molecule has 0 spiro atoms. The monoisotopic (exact) mass is 598 g/mol. The van der Waals surface area contributed by atoms with Crippen LogP contribution in [-0.2, 0) is 7.05 Å². The van der Waals surface area contributed by atoms with E-state index in [1.165, 1.54) is 99.3 Å². The maximum atomic E-state index is 2.56. The van der Waals surface area contributed by atoms with Crippen LogP contribution in [0, 0.1) is 6.92 Å². The first-order chi connectivity index (χ1) is 23.2. The van der Waals surface area contributed by atoms with Crippen molar-refractivity contribution in [1.29, 1.82) is 0 Å². The molecule has 0 aliphatic carbocycles. The van der Waals surface area contributed by atoms with Gasteiger partial charge < -0.3 is 9.13 Å². The fraction of sp³-hybridized carbons (Fsp3) is 0.0465. The van der Waals surface area contributed by atoms with E-state index < -0.39 is 0 Å². The van der Waals surface area contributed by atoms with E-state index in [1.807, 2.05) is 0 Å². The first kappa shape index (κ1) is 25.3. The Kier molecular flexibility index (Phi) is 4.80. The van der Waals surface area contributed by atoms with Crippen LogP contribution in [0.25, 0.3) is 77.4 Å². The highest BCUT2D eigenvalue weighted by molar-refractivity contribution is 7.00. The first-order valence-corrected chi connectivity index (χ1v) is 16.5. The second kappa shape index (κ2) is 8.89. The van der Waals surface area contributed by atoms with E-state index in [1.54, 1.807) is 0 Å². The molecule has 0 N–H and O–H groups in total. The van der Waals surface area contributed by atoms with Crippen molar-refractivity contribution in [2.45, 2.75) is 6.92 Å². The predicted octanol–water partition coefficient (Wildman–Crippen LogP) is 7.49. The van der Waals surface area contributed by atoms with Crippen molar-refractivity contribution in [2.75, 3.05) is 0 Å². The highest BCUT2D eigenvalue weighted by Gasteiger charge is 2.40. The van der Waals surface area contributed by atoms with E-state index in [0.717, 1.165) is 0 Å². The molecule has 0 radical (unpaired) electrons. The zero-order valence-electron chi connectivity index (χ0n) is 26.2. The zero-order chi connectivity index (χ0) is 31.0. The lowest BCUT2D eigenvalue weighted by Gasteiger charge is -2.34. The van der Waals surface area contributed by atoms with Crippen LogP contribution < -0.4 is 21.0 Å². The molecule has 5 heterocycles. The van der Waals surface area contributed by atoms with Gasteiger partial charge in [-0.25, -0.2) is 4.57 Å². The normalized spacial score (nSPS) is 12.9. The van der Waals surface area contributed by atoms with E-state index in [4.69, 9.17) is 0 Å². The number of rotatable bonds is 2. The summed E-state index contributed by atoms with van der Waals surface area (Å²) in [5.74, 6) is 0. The van der Waals surface area contributed by atoms with Gasteiger partial charge in [0.15, 0.2) is 6.20 Å². The van der Waals surface area contributed by atoms with Crippen molar-refractivity contribution in [1.82, 2.24) is 9.13 Å². The minimum atomic E-state index is 0.150. The molecular formula is C43H29BN3+. The van der Waals surface area contributed by atoms with Crippen molar-refractivity contribution in [3.8, 4) is 33.8 Å². The summed E-state index contributed by atoms with van der Waals surface area (Å²) in [6, 6.07) is 50.0. The van der Waals surface area contributed by atoms with Gasteiger partial charge in [-0.2, -0.15) is 0 Å². The summed E-state index contributed by atoms with van der Waals surface area (Å²) < 4.78 is 7.31. The van der Waals surface area contributed by atoms with Crippen molar-refractivity contribution < 1.29 is 4.57 Å². The topological polar surface area (TPSA) is 13.7 Å². The molecule has 0 atom stereocenters. The molecule has 3 nitrogen and oxygen atoms in total. The number of hydrogen-bond acceptors (Lipinski definition) is 0. The van der Waals surface area contributed by atoms with Gasteiger partial charge in [0.05, 0.1) is 11.0 Å². The molecular weight excluding hydrogens is 569 g/mol. The Balaban J connectivity index is 1.29. The Hall–Kier alpha value is -5.87. The Morgan fingerprint density at radius 3 is 1.70 bits per heavy atom. The van der Waals surface area contributed by atoms with Crippen LogP contribution in [0.2, 0.25) is 0 Å². The van der Waals surface area contributed by atoms with Crippen LogP contribution in [0.3, 0.4) is 0 Å². The van der Waals surface area contributed by atoms with Gasteiger partial charge in [-0.1, -0.05) is 84.9 Å². The summed E-state index contributed by atoms with van der Waals surface area (Å²) in [5.41, 5.74) is 18.1. The Labute approximate surface area is 272 Å². The molecule has 0 saturated heterocycles. The molecule has 3 aromatic heterocycles. The second-order valence-corrected chi connectivity index (χ2v) is 13.3. The van der Waals surface area contributed by atoms with Crippen LogP contribution in [0.15, 0.2) is 140 Å². The van der Waals surface area contributed by atoms with Gasteiger partial charge in [0, 0.05) is 61.6 Å². The highest BCUT2D eigenvalue weighted by Crippen LogP contribution is 2.40. The van der Waals surface area contributed by atoms with Crippen LogP contribution in [0.5, 0.6) is 0 Å². The maximum absolute atomic E-state index is 2.56. The van der Waals surface area contributed by atoms with Gasteiger partial charge in [0.25, 0.3) is 6.71 Å². The summed E-state index contributed by atoms with van der Waals surface area (Å²) in [6.07, 6.45) is 2.12. The molecule has 6 aromatic carbocycles. The number of nitrogens with zero attached hydrogens (tertiary/aromatic N) is 3. The third kappa shape index (κ3) is 3.15. The molecule has 2 aliphatic heterocycles. The largest absolute Gasteiger partial charge is 0.310 e. The van der Waals surface area contributed by atoms with Crippen LogP contribution >= 0.6 is 0 Å². The molecule has 0 fully saturated rings. The molecule has 9 aromatic rings. The van der Waals surface area contributed by atoms with Gasteiger partial charge in [-0.05, 0) is 76.4 Å². The zero-order valence-corrected chi connectivity index (χ0v) is 26.2. The number of para-hydroxylation sites is 4. The minimum absolute atomic E-state index is 0.150. The standard InChI is InChI=1S/C43H29BN3/c1-26-23-27(20-21-29(26)36-17-7-8-22-45(36)2)28-24-39-41-40(25-28)47-38-19-6-4-12-31(38)33-14-10-16-35(43(33)47)44(41)34-15-9-13-32-30-11-3-5-18-37(30)46(39)42(32)34/h3-25H,1-2H3/q+1. The molecule has 0 saturated carbocycles. The number of hydrogen-bond donors (Lipinski definition) is 0. The van der Waals surface area contributed by atoms with E-state index >= 15 is 0 Å². The van der Waals surface area contributed by atoms with Crippen molar-refractivity contribution in [3.05, 3.63) is 145 Å². The fourth-order valence-corrected chi connectivity index (χ4v) is 8.92. The van der Waals surface area contributed by atoms with Gasteiger partial charge in [0.1, 0.15) is 7.05 Å². The lowest BCUT2D eigenvalue weighted by atomic mass is 9.34. The summed E-state index contributed by atoms with van der Waals surface area (Å²) >= 11 is 0.